The van der Waals surface area contributed by atoms with Crippen molar-refractivity contribution in [3.8, 4) is 17.1 Å². The number of hydrogen-bond donors (Lipinski definition) is 1. The van der Waals surface area contributed by atoms with E-state index < -0.39 is 0 Å². The minimum Gasteiger partial charge on any atom is -0.477 e. The van der Waals surface area contributed by atoms with Gasteiger partial charge in [0.2, 0.25) is 5.88 Å². The predicted molar refractivity (Wildman–Crippen MR) is 76.4 cm³/mol. The molecule has 0 saturated carbocycles. The average molecular weight is 275 g/mol. The number of aromatic nitrogens is 2. The van der Waals surface area contributed by atoms with Gasteiger partial charge in [0.15, 0.2) is 0 Å². The summed E-state index contributed by atoms with van der Waals surface area (Å²) in [6.07, 6.45) is 4.04. The molecule has 100 valence electrons. The van der Waals surface area contributed by atoms with Crippen molar-refractivity contribution in [2.45, 2.75) is 12.8 Å². The van der Waals surface area contributed by atoms with Gasteiger partial charge in [-0.15, -0.1) is 0 Å². The van der Waals surface area contributed by atoms with Crippen LogP contribution >= 0.6 is 11.3 Å². The summed E-state index contributed by atoms with van der Waals surface area (Å²) >= 11 is 1.67. The molecule has 1 fully saturated rings. The van der Waals surface area contributed by atoms with Gasteiger partial charge in [0, 0.05) is 29.5 Å². The van der Waals surface area contributed by atoms with Gasteiger partial charge in [-0.3, -0.25) is 0 Å². The van der Waals surface area contributed by atoms with Crippen molar-refractivity contribution in [1.82, 2.24) is 15.3 Å². The maximum Gasteiger partial charge on any atom is 0.216 e. The summed E-state index contributed by atoms with van der Waals surface area (Å²) in [4.78, 5) is 8.46. The molecule has 1 aliphatic rings. The molecule has 0 bridgehead atoms. The number of rotatable bonds is 4. The molecule has 5 heteroatoms. The van der Waals surface area contributed by atoms with Crippen molar-refractivity contribution in [1.29, 1.82) is 0 Å². The minimum atomic E-state index is 0.591. The largest absolute Gasteiger partial charge is 0.477 e. The third-order valence-corrected chi connectivity index (χ3v) is 4.01. The summed E-state index contributed by atoms with van der Waals surface area (Å²) in [5.41, 5.74) is 2.05. The van der Waals surface area contributed by atoms with Crippen LogP contribution in [0.1, 0.15) is 12.8 Å². The van der Waals surface area contributed by atoms with E-state index >= 15 is 0 Å². The Hall–Kier alpha value is -1.46. The third kappa shape index (κ3) is 3.30. The summed E-state index contributed by atoms with van der Waals surface area (Å²) in [6, 6.07) is 3.97. The fourth-order valence-corrected chi connectivity index (χ4v) is 2.91. The standard InChI is InChI=1S/C14H17N3OS/c1-2-11(7-15-4-1)8-18-14-6-13(16-10-17-14)12-3-5-19-9-12/h3,5-6,9-11,15H,1-2,4,7-8H2. The van der Waals surface area contributed by atoms with Gasteiger partial charge in [0.05, 0.1) is 12.3 Å². The minimum absolute atomic E-state index is 0.591. The molecule has 1 aliphatic heterocycles. The summed E-state index contributed by atoms with van der Waals surface area (Å²) < 4.78 is 5.80. The van der Waals surface area contributed by atoms with Gasteiger partial charge < -0.3 is 10.1 Å². The Morgan fingerprint density at radius 1 is 1.42 bits per heavy atom. The van der Waals surface area contributed by atoms with Crippen molar-refractivity contribution in [2.24, 2.45) is 5.92 Å². The first kappa shape index (κ1) is 12.6. The van der Waals surface area contributed by atoms with E-state index in [4.69, 9.17) is 4.74 Å². The molecule has 0 radical (unpaired) electrons. The van der Waals surface area contributed by atoms with E-state index in [9.17, 15) is 0 Å². The van der Waals surface area contributed by atoms with Gasteiger partial charge in [-0.1, -0.05) is 0 Å². The zero-order chi connectivity index (χ0) is 12.9. The van der Waals surface area contributed by atoms with E-state index in [-0.39, 0.29) is 0 Å². The third-order valence-electron chi connectivity index (χ3n) is 3.32. The van der Waals surface area contributed by atoms with Crippen LogP contribution in [0.2, 0.25) is 0 Å². The van der Waals surface area contributed by atoms with Crippen LogP contribution in [0, 0.1) is 5.92 Å². The molecule has 1 saturated heterocycles. The second kappa shape index (κ2) is 6.12. The van der Waals surface area contributed by atoms with Crippen LogP contribution in [-0.2, 0) is 0 Å². The lowest BCUT2D eigenvalue weighted by atomic mass is 10.0. The highest BCUT2D eigenvalue weighted by molar-refractivity contribution is 7.08. The van der Waals surface area contributed by atoms with E-state index in [1.165, 1.54) is 12.8 Å². The maximum atomic E-state index is 5.80. The molecule has 1 unspecified atom stereocenters. The average Bonchev–Trinajstić information content (AvgIpc) is 3.01. The molecule has 4 nitrogen and oxygen atoms in total. The molecule has 0 amide bonds. The summed E-state index contributed by atoms with van der Waals surface area (Å²) in [7, 11) is 0. The smallest absolute Gasteiger partial charge is 0.216 e. The Balaban J connectivity index is 1.63. The van der Waals surface area contributed by atoms with Crippen LogP contribution in [-0.4, -0.2) is 29.7 Å². The normalized spacial score (nSPS) is 19.3. The first-order valence-electron chi connectivity index (χ1n) is 6.60. The van der Waals surface area contributed by atoms with Crippen LogP contribution in [0.3, 0.4) is 0 Å². The SMILES string of the molecule is c1nc(OCC2CCCNC2)cc(-c2ccsc2)n1. The first-order chi connectivity index (χ1) is 9.42. The topological polar surface area (TPSA) is 47.0 Å². The van der Waals surface area contributed by atoms with E-state index in [1.54, 1.807) is 17.7 Å². The number of ether oxygens (including phenoxy) is 1. The van der Waals surface area contributed by atoms with E-state index in [0.29, 0.717) is 11.8 Å². The van der Waals surface area contributed by atoms with Crippen LogP contribution in [0.4, 0.5) is 0 Å². The molecule has 3 heterocycles. The highest BCUT2D eigenvalue weighted by Crippen LogP contribution is 2.22. The number of nitrogens with zero attached hydrogens (tertiary/aromatic N) is 2. The van der Waals surface area contributed by atoms with Crippen molar-refractivity contribution in [2.75, 3.05) is 19.7 Å². The van der Waals surface area contributed by atoms with Crippen molar-refractivity contribution in [3.63, 3.8) is 0 Å². The van der Waals surface area contributed by atoms with Gasteiger partial charge in [-0.05, 0) is 30.8 Å². The van der Waals surface area contributed by atoms with E-state index in [0.717, 1.165) is 31.0 Å². The molecule has 0 spiro atoms. The molecule has 0 aromatic carbocycles. The Bertz CT molecular complexity index is 509. The molecule has 3 rings (SSSR count). The van der Waals surface area contributed by atoms with Gasteiger partial charge in [-0.25, -0.2) is 9.97 Å². The molecule has 19 heavy (non-hydrogen) atoms. The van der Waals surface area contributed by atoms with Gasteiger partial charge in [-0.2, -0.15) is 11.3 Å². The van der Waals surface area contributed by atoms with Crippen molar-refractivity contribution < 1.29 is 4.74 Å². The van der Waals surface area contributed by atoms with Crippen LogP contribution in [0.5, 0.6) is 5.88 Å². The second-order valence-corrected chi connectivity index (χ2v) is 5.56. The maximum absolute atomic E-state index is 5.80. The number of piperidine rings is 1. The fourth-order valence-electron chi connectivity index (χ4n) is 2.26. The van der Waals surface area contributed by atoms with E-state index in [2.05, 4.69) is 26.7 Å². The molecular weight excluding hydrogens is 258 g/mol. The Morgan fingerprint density at radius 3 is 3.21 bits per heavy atom. The number of nitrogens with one attached hydrogen (secondary N) is 1. The van der Waals surface area contributed by atoms with Gasteiger partial charge in [0.1, 0.15) is 6.33 Å². The van der Waals surface area contributed by atoms with E-state index in [1.807, 2.05) is 11.4 Å². The predicted octanol–water partition coefficient (Wildman–Crippen LogP) is 2.58. The van der Waals surface area contributed by atoms with Crippen LogP contribution < -0.4 is 10.1 Å². The monoisotopic (exact) mass is 275 g/mol. The molecule has 1 N–H and O–H groups in total. The summed E-state index contributed by atoms with van der Waals surface area (Å²) in [5, 5.41) is 7.52. The summed E-state index contributed by atoms with van der Waals surface area (Å²) in [6.45, 7) is 2.90. The Labute approximate surface area is 116 Å². The second-order valence-electron chi connectivity index (χ2n) is 4.78. The molecule has 1 atom stereocenters. The quantitative estimate of drug-likeness (QED) is 0.931. The lowest BCUT2D eigenvalue weighted by Gasteiger charge is -2.22. The van der Waals surface area contributed by atoms with Gasteiger partial charge >= 0.3 is 0 Å². The summed E-state index contributed by atoms with van der Waals surface area (Å²) in [5.74, 6) is 1.26. The Morgan fingerprint density at radius 2 is 2.42 bits per heavy atom. The zero-order valence-electron chi connectivity index (χ0n) is 10.7. The molecular formula is C14H17N3OS. The lowest BCUT2D eigenvalue weighted by molar-refractivity contribution is 0.212. The Kier molecular flexibility index (Phi) is 4.05. The van der Waals surface area contributed by atoms with Crippen molar-refractivity contribution >= 4 is 11.3 Å². The highest BCUT2D eigenvalue weighted by Gasteiger charge is 2.14. The van der Waals surface area contributed by atoms with Crippen LogP contribution in [0.25, 0.3) is 11.3 Å². The van der Waals surface area contributed by atoms with Crippen LogP contribution in [0.15, 0.2) is 29.2 Å². The fraction of sp³-hybridized carbons (Fsp3) is 0.429. The highest BCUT2D eigenvalue weighted by atomic mass is 32.1. The van der Waals surface area contributed by atoms with Crippen molar-refractivity contribution in [3.05, 3.63) is 29.2 Å². The first-order valence-corrected chi connectivity index (χ1v) is 7.54. The molecule has 0 aliphatic carbocycles. The number of thiophene rings is 1. The van der Waals surface area contributed by atoms with Gasteiger partial charge in [0.25, 0.3) is 0 Å². The molecule has 2 aromatic heterocycles. The lowest BCUT2D eigenvalue weighted by Crippen LogP contribution is -2.33. The molecule has 2 aromatic rings. The number of hydrogen-bond acceptors (Lipinski definition) is 5. The zero-order valence-corrected chi connectivity index (χ0v) is 11.5.